The molecule has 9 heteroatoms. The van der Waals surface area contributed by atoms with Crippen molar-refractivity contribution in [2.75, 3.05) is 31.3 Å². The highest BCUT2D eigenvalue weighted by Crippen LogP contribution is 2.30. The van der Waals surface area contributed by atoms with Gasteiger partial charge < -0.3 is 14.8 Å². The van der Waals surface area contributed by atoms with Crippen molar-refractivity contribution in [2.45, 2.75) is 26.3 Å². The molecule has 31 heavy (non-hydrogen) atoms. The highest BCUT2D eigenvalue weighted by Gasteiger charge is 2.24. The van der Waals surface area contributed by atoms with E-state index < -0.39 is 15.9 Å². The summed E-state index contributed by atoms with van der Waals surface area (Å²) in [6.45, 7) is 3.75. The van der Waals surface area contributed by atoms with Gasteiger partial charge in [-0.15, -0.1) is 0 Å². The molecule has 7 nitrogen and oxygen atoms in total. The van der Waals surface area contributed by atoms with Crippen LogP contribution in [-0.4, -0.2) is 41.3 Å². The minimum Gasteiger partial charge on any atom is -0.497 e. The predicted molar refractivity (Wildman–Crippen MR) is 124 cm³/mol. The maximum absolute atomic E-state index is 12.9. The van der Waals surface area contributed by atoms with E-state index in [2.05, 4.69) is 19.2 Å². The number of hydrogen-bond acceptors (Lipinski definition) is 5. The topological polar surface area (TPSA) is 84.9 Å². The molecule has 2 rings (SSSR count). The van der Waals surface area contributed by atoms with E-state index in [4.69, 9.17) is 21.1 Å². The summed E-state index contributed by atoms with van der Waals surface area (Å²) in [5, 5.41) is 3.22. The van der Waals surface area contributed by atoms with Crippen LogP contribution in [0, 0.1) is 5.92 Å². The number of hydrogen-bond donors (Lipinski definition) is 1. The first-order valence-electron chi connectivity index (χ1n) is 9.79. The molecule has 0 unspecified atom stereocenters. The van der Waals surface area contributed by atoms with E-state index in [0.717, 1.165) is 21.9 Å². The number of benzene rings is 2. The van der Waals surface area contributed by atoms with Gasteiger partial charge in [-0.3, -0.25) is 9.10 Å². The fourth-order valence-electron chi connectivity index (χ4n) is 3.17. The third kappa shape index (κ3) is 7.04. The van der Waals surface area contributed by atoms with Gasteiger partial charge in [0, 0.05) is 0 Å². The normalized spacial score (nSPS) is 12.4. The van der Waals surface area contributed by atoms with Crippen molar-refractivity contribution in [2.24, 2.45) is 5.92 Å². The van der Waals surface area contributed by atoms with Gasteiger partial charge in [-0.1, -0.05) is 37.6 Å². The smallest absolute Gasteiger partial charge is 0.241 e. The predicted octanol–water partition coefficient (Wildman–Crippen LogP) is 4.03. The standard InChI is InChI=1S/C22H29ClN2O5S/c1-15(2)12-20(16-6-9-18(29-3)10-7-16)24-22(26)14-25(31(5,27)28)17-8-11-21(30-4)19(23)13-17/h6-11,13,15,20H,12,14H2,1-5H3,(H,24,26)/t20-/m0/s1. The molecule has 0 saturated heterocycles. The largest absolute Gasteiger partial charge is 0.497 e. The fourth-order valence-corrected chi connectivity index (χ4v) is 4.27. The van der Waals surface area contributed by atoms with E-state index >= 15 is 0 Å². The lowest BCUT2D eigenvalue weighted by atomic mass is 9.97. The summed E-state index contributed by atoms with van der Waals surface area (Å²) in [5.41, 5.74) is 1.20. The second-order valence-corrected chi connectivity index (χ2v) is 9.93. The van der Waals surface area contributed by atoms with Gasteiger partial charge in [-0.25, -0.2) is 8.42 Å². The molecule has 0 bridgehead atoms. The summed E-state index contributed by atoms with van der Waals surface area (Å²) >= 11 is 6.15. The Morgan fingerprint density at radius 1 is 1.10 bits per heavy atom. The monoisotopic (exact) mass is 468 g/mol. The van der Waals surface area contributed by atoms with Gasteiger partial charge in [0.2, 0.25) is 15.9 Å². The zero-order chi connectivity index (χ0) is 23.2. The number of halogens is 1. The van der Waals surface area contributed by atoms with Crippen molar-refractivity contribution in [3.63, 3.8) is 0 Å². The summed E-state index contributed by atoms with van der Waals surface area (Å²) in [6, 6.07) is 11.8. The summed E-state index contributed by atoms with van der Waals surface area (Å²) in [7, 11) is -0.666. The van der Waals surface area contributed by atoms with E-state index in [0.29, 0.717) is 18.1 Å². The number of nitrogens with one attached hydrogen (secondary N) is 1. The number of carbonyl (C=O) groups excluding carboxylic acids is 1. The van der Waals surface area contributed by atoms with Gasteiger partial charge in [-0.2, -0.15) is 0 Å². The first-order chi connectivity index (χ1) is 14.5. The number of nitrogens with zero attached hydrogens (tertiary/aromatic N) is 1. The van der Waals surface area contributed by atoms with Crippen molar-refractivity contribution in [1.82, 2.24) is 5.32 Å². The van der Waals surface area contributed by atoms with Gasteiger partial charge in [-0.05, 0) is 48.2 Å². The van der Waals surface area contributed by atoms with Crippen LogP contribution in [0.3, 0.4) is 0 Å². The lowest BCUT2D eigenvalue weighted by Gasteiger charge is -2.25. The van der Waals surface area contributed by atoms with E-state index in [1.165, 1.54) is 13.2 Å². The maximum Gasteiger partial charge on any atom is 0.241 e. The molecule has 1 N–H and O–H groups in total. The Morgan fingerprint density at radius 2 is 1.74 bits per heavy atom. The maximum atomic E-state index is 12.9. The van der Waals surface area contributed by atoms with Crippen LogP contribution in [0.1, 0.15) is 31.9 Å². The van der Waals surface area contributed by atoms with Gasteiger partial charge in [0.05, 0.1) is 37.2 Å². The summed E-state index contributed by atoms with van der Waals surface area (Å²) in [4.78, 5) is 12.9. The van der Waals surface area contributed by atoms with Crippen LogP contribution in [0.15, 0.2) is 42.5 Å². The molecule has 0 heterocycles. The number of methoxy groups -OCH3 is 2. The third-order valence-electron chi connectivity index (χ3n) is 4.67. The molecule has 0 radical (unpaired) electrons. The minimum absolute atomic E-state index is 0.255. The Morgan fingerprint density at radius 3 is 2.23 bits per heavy atom. The molecule has 1 amide bonds. The Balaban J connectivity index is 2.25. The van der Waals surface area contributed by atoms with E-state index in [1.807, 2.05) is 24.3 Å². The van der Waals surface area contributed by atoms with Crippen LogP contribution in [0.5, 0.6) is 11.5 Å². The number of carbonyl (C=O) groups is 1. The van der Waals surface area contributed by atoms with Crippen LogP contribution >= 0.6 is 11.6 Å². The summed E-state index contributed by atoms with van der Waals surface area (Å²) in [6.07, 6.45) is 1.75. The van der Waals surface area contributed by atoms with Crippen molar-refractivity contribution < 1.29 is 22.7 Å². The molecule has 170 valence electrons. The van der Waals surface area contributed by atoms with Crippen LogP contribution < -0.4 is 19.1 Å². The van der Waals surface area contributed by atoms with E-state index in [-0.39, 0.29) is 23.3 Å². The molecule has 0 aliphatic heterocycles. The average Bonchev–Trinajstić information content (AvgIpc) is 2.70. The van der Waals surface area contributed by atoms with Crippen molar-refractivity contribution >= 4 is 33.2 Å². The first-order valence-corrected chi connectivity index (χ1v) is 12.0. The second-order valence-electron chi connectivity index (χ2n) is 7.61. The molecule has 0 aliphatic carbocycles. The van der Waals surface area contributed by atoms with Gasteiger partial charge in [0.1, 0.15) is 18.0 Å². The average molecular weight is 469 g/mol. The number of amides is 1. The summed E-state index contributed by atoms with van der Waals surface area (Å²) < 4.78 is 36.1. The molecule has 0 saturated carbocycles. The number of sulfonamides is 1. The molecule has 0 aliphatic rings. The lowest BCUT2D eigenvalue weighted by molar-refractivity contribution is -0.120. The van der Waals surface area contributed by atoms with Crippen LogP contribution in [-0.2, 0) is 14.8 Å². The molecule has 2 aromatic carbocycles. The minimum atomic E-state index is -3.73. The zero-order valence-electron chi connectivity index (χ0n) is 18.4. The molecular formula is C22H29ClN2O5S. The van der Waals surface area contributed by atoms with Gasteiger partial charge in [0.25, 0.3) is 0 Å². The summed E-state index contributed by atoms with van der Waals surface area (Å²) in [5.74, 6) is 1.04. The third-order valence-corrected chi connectivity index (χ3v) is 6.11. The molecule has 0 spiro atoms. The Kier molecular flexibility index (Phi) is 8.59. The first kappa shape index (κ1) is 24.8. The van der Waals surface area contributed by atoms with Gasteiger partial charge in [0.15, 0.2) is 0 Å². The quantitative estimate of drug-likeness (QED) is 0.569. The molecular weight excluding hydrogens is 440 g/mol. The Hall–Kier alpha value is -2.45. The van der Waals surface area contributed by atoms with Crippen LogP contribution in [0.4, 0.5) is 5.69 Å². The Bertz CT molecular complexity index is 993. The highest BCUT2D eigenvalue weighted by atomic mass is 35.5. The lowest BCUT2D eigenvalue weighted by Crippen LogP contribution is -2.41. The molecule has 0 aromatic heterocycles. The molecule has 0 fully saturated rings. The SMILES string of the molecule is COc1ccc([C@H](CC(C)C)NC(=O)CN(c2ccc(OC)c(Cl)c2)S(C)(=O)=O)cc1. The van der Waals surface area contributed by atoms with Crippen LogP contribution in [0.2, 0.25) is 5.02 Å². The fraction of sp³-hybridized carbons (Fsp3) is 0.409. The number of rotatable bonds is 10. The van der Waals surface area contributed by atoms with Crippen molar-refractivity contribution in [3.05, 3.63) is 53.1 Å². The second kappa shape index (κ2) is 10.7. The van der Waals surface area contributed by atoms with Gasteiger partial charge >= 0.3 is 0 Å². The zero-order valence-corrected chi connectivity index (χ0v) is 20.0. The Labute approximate surface area is 189 Å². The van der Waals surface area contributed by atoms with E-state index in [9.17, 15) is 13.2 Å². The van der Waals surface area contributed by atoms with Crippen molar-refractivity contribution in [3.8, 4) is 11.5 Å². The molecule has 2 aromatic rings. The van der Waals surface area contributed by atoms with E-state index in [1.54, 1.807) is 19.2 Å². The van der Waals surface area contributed by atoms with Crippen LogP contribution in [0.25, 0.3) is 0 Å². The molecule has 1 atom stereocenters. The van der Waals surface area contributed by atoms with Crippen molar-refractivity contribution in [1.29, 1.82) is 0 Å². The highest BCUT2D eigenvalue weighted by molar-refractivity contribution is 7.92. The number of anilines is 1. The number of ether oxygens (including phenoxy) is 2.